The standard InChI is InChI=1S/C23H27N3O6S2/c1-18-3-7-20(8-4-18)33(28,29)25-11-12-26(34(30,31)21-9-5-19(2)6-10-21)22(25)17-23(27)24-13-15-32-16-14-24/h3-10,17H,11-16H2,1-2H3. The van der Waals surface area contributed by atoms with Crippen molar-refractivity contribution in [1.29, 1.82) is 0 Å². The van der Waals surface area contributed by atoms with E-state index in [-0.39, 0.29) is 28.7 Å². The fourth-order valence-electron chi connectivity index (χ4n) is 3.83. The van der Waals surface area contributed by atoms with Gasteiger partial charge in [-0.05, 0) is 38.1 Å². The monoisotopic (exact) mass is 505 g/mol. The summed E-state index contributed by atoms with van der Waals surface area (Å²) in [5.41, 5.74) is 1.78. The minimum Gasteiger partial charge on any atom is -0.378 e. The molecule has 182 valence electrons. The summed E-state index contributed by atoms with van der Waals surface area (Å²) in [5, 5.41) is 0. The average molecular weight is 506 g/mol. The number of hydrogen-bond acceptors (Lipinski definition) is 6. The lowest BCUT2D eigenvalue weighted by Crippen LogP contribution is -2.41. The highest BCUT2D eigenvalue weighted by Gasteiger charge is 2.41. The van der Waals surface area contributed by atoms with Crippen LogP contribution in [-0.2, 0) is 29.6 Å². The van der Waals surface area contributed by atoms with Gasteiger partial charge in [0.2, 0.25) is 5.91 Å². The molecule has 2 aliphatic heterocycles. The number of hydrogen-bond donors (Lipinski definition) is 0. The summed E-state index contributed by atoms with van der Waals surface area (Å²) in [6, 6.07) is 12.6. The third kappa shape index (κ3) is 4.68. The number of amides is 1. The Bertz CT molecular complexity index is 1210. The molecule has 2 saturated heterocycles. The van der Waals surface area contributed by atoms with Crippen LogP contribution >= 0.6 is 0 Å². The molecule has 0 bridgehead atoms. The first kappa shape index (κ1) is 24.2. The van der Waals surface area contributed by atoms with E-state index < -0.39 is 26.0 Å². The molecule has 2 aromatic carbocycles. The van der Waals surface area contributed by atoms with E-state index in [1.165, 1.54) is 29.2 Å². The van der Waals surface area contributed by atoms with Crippen molar-refractivity contribution in [2.45, 2.75) is 23.6 Å². The number of carbonyl (C=O) groups is 1. The van der Waals surface area contributed by atoms with Crippen LogP contribution < -0.4 is 0 Å². The molecule has 0 spiro atoms. The molecule has 2 aliphatic rings. The number of benzene rings is 2. The van der Waals surface area contributed by atoms with Gasteiger partial charge in [0.05, 0.1) is 36.1 Å². The molecular formula is C23H27N3O6S2. The highest BCUT2D eigenvalue weighted by atomic mass is 32.2. The number of nitrogens with zero attached hydrogens (tertiary/aromatic N) is 3. The molecular weight excluding hydrogens is 478 g/mol. The van der Waals surface area contributed by atoms with Gasteiger partial charge in [-0.25, -0.2) is 25.4 Å². The van der Waals surface area contributed by atoms with Gasteiger partial charge >= 0.3 is 0 Å². The van der Waals surface area contributed by atoms with Crippen molar-refractivity contribution in [2.24, 2.45) is 0 Å². The van der Waals surface area contributed by atoms with Crippen LogP contribution in [0.1, 0.15) is 11.1 Å². The summed E-state index contributed by atoms with van der Waals surface area (Å²) in [5.74, 6) is -0.647. The minimum absolute atomic E-state index is 0.0254. The lowest BCUT2D eigenvalue weighted by molar-refractivity contribution is -0.130. The maximum absolute atomic E-state index is 13.5. The largest absolute Gasteiger partial charge is 0.378 e. The van der Waals surface area contributed by atoms with Crippen LogP contribution in [0.2, 0.25) is 0 Å². The maximum atomic E-state index is 13.5. The second kappa shape index (κ2) is 9.40. The van der Waals surface area contributed by atoms with Gasteiger partial charge < -0.3 is 9.64 Å². The summed E-state index contributed by atoms with van der Waals surface area (Å²) < 4.78 is 61.2. The molecule has 4 rings (SSSR count). The zero-order valence-electron chi connectivity index (χ0n) is 19.0. The highest BCUT2D eigenvalue weighted by molar-refractivity contribution is 7.90. The van der Waals surface area contributed by atoms with Gasteiger partial charge in [0.1, 0.15) is 5.82 Å². The van der Waals surface area contributed by atoms with Crippen LogP contribution in [0.5, 0.6) is 0 Å². The molecule has 0 atom stereocenters. The van der Waals surface area contributed by atoms with E-state index in [1.54, 1.807) is 24.3 Å². The number of ether oxygens (including phenoxy) is 1. The topological polar surface area (TPSA) is 104 Å². The molecule has 1 amide bonds. The minimum atomic E-state index is -4.10. The summed E-state index contributed by atoms with van der Waals surface area (Å²) >= 11 is 0. The molecule has 11 heteroatoms. The first-order chi connectivity index (χ1) is 16.1. The third-order valence-corrected chi connectivity index (χ3v) is 9.45. The highest BCUT2D eigenvalue weighted by Crippen LogP contribution is 2.32. The Morgan fingerprint density at radius 2 is 1.15 bits per heavy atom. The molecule has 0 unspecified atom stereocenters. The van der Waals surface area contributed by atoms with E-state index in [0.29, 0.717) is 26.3 Å². The smallest absolute Gasteiger partial charge is 0.265 e. The number of carbonyl (C=O) groups excluding carboxylic acids is 1. The van der Waals surface area contributed by atoms with Crippen molar-refractivity contribution in [1.82, 2.24) is 13.5 Å². The van der Waals surface area contributed by atoms with Crippen molar-refractivity contribution in [3.63, 3.8) is 0 Å². The quantitative estimate of drug-likeness (QED) is 0.573. The Hall–Kier alpha value is -2.89. The van der Waals surface area contributed by atoms with E-state index in [4.69, 9.17) is 4.74 Å². The number of rotatable bonds is 5. The summed E-state index contributed by atoms with van der Waals surface area (Å²) in [4.78, 5) is 14.6. The van der Waals surface area contributed by atoms with E-state index in [0.717, 1.165) is 25.8 Å². The van der Waals surface area contributed by atoms with Gasteiger partial charge in [-0.15, -0.1) is 0 Å². The Labute approximate surface area is 200 Å². The predicted octanol–water partition coefficient (Wildman–Crippen LogP) is 1.70. The molecule has 2 fully saturated rings. The summed E-state index contributed by atoms with van der Waals surface area (Å²) in [7, 11) is -8.20. The van der Waals surface area contributed by atoms with Crippen molar-refractivity contribution in [3.05, 3.63) is 71.6 Å². The Morgan fingerprint density at radius 1 is 0.735 bits per heavy atom. The zero-order valence-corrected chi connectivity index (χ0v) is 20.7. The van der Waals surface area contributed by atoms with Crippen molar-refractivity contribution in [3.8, 4) is 0 Å². The molecule has 2 aromatic rings. The lowest BCUT2D eigenvalue weighted by atomic mass is 10.2. The van der Waals surface area contributed by atoms with Gasteiger partial charge in [-0.2, -0.15) is 0 Å². The van der Waals surface area contributed by atoms with Gasteiger partial charge in [-0.1, -0.05) is 35.4 Å². The van der Waals surface area contributed by atoms with Crippen LogP contribution in [-0.4, -0.2) is 75.6 Å². The normalized spacial score (nSPS) is 17.2. The fraction of sp³-hybridized carbons (Fsp3) is 0.348. The number of sulfonamides is 2. The van der Waals surface area contributed by atoms with Gasteiger partial charge in [-0.3, -0.25) is 4.79 Å². The Balaban J connectivity index is 1.77. The van der Waals surface area contributed by atoms with E-state index in [1.807, 2.05) is 13.8 Å². The summed E-state index contributed by atoms with van der Waals surface area (Å²) in [6.07, 6.45) is 1.11. The lowest BCUT2D eigenvalue weighted by Gasteiger charge is -2.28. The zero-order chi connectivity index (χ0) is 24.5. The first-order valence-electron chi connectivity index (χ1n) is 10.9. The van der Waals surface area contributed by atoms with Gasteiger partial charge in [0.15, 0.2) is 0 Å². The van der Waals surface area contributed by atoms with E-state index >= 15 is 0 Å². The van der Waals surface area contributed by atoms with E-state index in [9.17, 15) is 21.6 Å². The van der Waals surface area contributed by atoms with Crippen LogP contribution in [0, 0.1) is 13.8 Å². The van der Waals surface area contributed by atoms with Crippen molar-refractivity contribution >= 4 is 26.0 Å². The van der Waals surface area contributed by atoms with Crippen LogP contribution in [0.25, 0.3) is 0 Å². The SMILES string of the molecule is Cc1ccc(S(=O)(=O)N2CCN(S(=O)(=O)c3ccc(C)cc3)C2=CC(=O)N2CCOCC2)cc1. The molecule has 2 heterocycles. The molecule has 0 N–H and O–H groups in total. The molecule has 34 heavy (non-hydrogen) atoms. The Morgan fingerprint density at radius 3 is 1.56 bits per heavy atom. The average Bonchev–Trinajstić information content (AvgIpc) is 3.25. The summed E-state index contributed by atoms with van der Waals surface area (Å²) in [6.45, 7) is 4.89. The van der Waals surface area contributed by atoms with Crippen molar-refractivity contribution in [2.75, 3.05) is 39.4 Å². The molecule has 0 aromatic heterocycles. The van der Waals surface area contributed by atoms with Gasteiger partial charge in [0, 0.05) is 19.2 Å². The molecule has 0 aliphatic carbocycles. The second-order valence-corrected chi connectivity index (χ2v) is 11.9. The predicted molar refractivity (Wildman–Crippen MR) is 126 cm³/mol. The van der Waals surface area contributed by atoms with Crippen LogP contribution in [0.3, 0.4) is 0 Å². The molecule has 9 nitrogen and oxygen atoms in total. The van der Waals surface area contributed by atoms with Crippen molar-refractivity contribution < 1.29 is 26.4 Å². The van der Waals surface area contributed by atoms with E-state index in [2.05, 4.69) is 0 Å². The molecule has 0 radical (unpaired) electrons. The van der Waals surface area contributed by atoms with Crippen LogP contribution in [0.15, 0.2) is 70.2 Å². The number of morpholine rings is 1. The number of aryl methyl sites for hydroxylation is 2. The maximum Gasteiger partial charge on any atom is 0.265 e. The second-order valence-electron chi connectivity index (χ2n) is 8.22. The fourth-order valence-corrected chi connectivity index (χ4v) is 6.79. The third-order valence-electron chi connectivity index (χ3n) is 5.81. The van der Waals surface area contributed by atoms with Crippen LogP contribution in [0.4, 0.5) is 0 Å². The Kier molecular flexibility index (Phi) is 6.70. The molecule has 0 saturated carbocycles. The van der Waals surface area contributed by atoms with Gasteiger partial charge in [0.25, 0.3) is 20.0 Å². The first-order valence-corrected chi connectivity index (χ1v) is 13.8.